The van der Waals surface area contributed by atoms with Crippen molar-refractivity contribution >= 4 is 16.0 Å². The Morgan fingerprint density at radius 2 is 2.10 bits per heavy atom. The Morgan fingerprint density at radius 3 is 2.70 bits per heavy atom. The van der Waals surface area contributed by atoms with Crippen LogP contribution in [0, 0.1) is 5.82 Å². The zero-order chi connectivity index (χ0) is 14.9. The van der Waals surface area contributed by atoms with Gasteiger partial charge >= 0.3 is 5.97 Å². The third kappa shape index (κ3) is 2.73. The normalized spacial score (nSPS) is 16.8. The first-order valence-corrected chi connectivity index (χ1v) is 7.45. The Bertz CT molecular complexity index is 682. The van der Waals surface area contributed by atoms with E-state index in [1.807, 2.05) is 6.08 Å². The summed E-state index contributed by atoms with van der Waals surface area (Å²) in [4.78, 5) is 10.6. The monoisotopic (exact) mass is 299 g/mol. The van der Waals surface area contributed by atoms with Crippen LogP contribution in [0.4, 0.5) is 4.39 Å². The number of benzene rings is 1. The number of sulfonamides is 1. The lowest BCUT2D eigenvalue weighted by Crippen LogP contribution is -2.36. The lowest BCUT2D eigenvalue weighted by molar-refractivity contribution is 0.0692. The van der Waals surface area contributed by atoms with Crippen LogP contribution < -0.4 is 0 Å². The lowest BCUT2D eigenvalue weighted by atomic mass is 10.2. The van der Waals surface area contributed by atoms with E-state index in [0.29, 0.717) is 6.42 Å². The van der Waals surface area contributed by atoms with Crippen LogP contribution in [0.1, 0.15) is 23.7 Å². The van der Waals surface area contributed by atoms with Gasteiger partial charge in [0.15, 0.2) is 0 Å². The maximum Gasteiger partial charge on any atom is 0.337 e. The first kappa shape index (κ1) is 14.7. The second kappa shape index (κ2) is 5.34. The number of carboxylic acids is 1. The number of carbonyl (C=O) groups is 1. The van der Waals surface area contributed by atoms with E-state index in [2.05, 4.69) is 0 Å². The third-order valence-electron chi connectivity index (χ3n) is 3.09. The van der Waals surface area contributed by atoms with E-state index in [0.717, 1.165) is 23.8 Å². The van der Waals surface area contributed by atoms with Gasteiger partial charge in [-0.15, -0.1) is 0 Å². The summed E-state index contributed by atoms with van der Waals surface area (Å²) >= 11 is 0. The molecule has 7 heteroatoms. The molecule has 0 amide bonds. The maximum absolute atomic E-state index is 13.3. The molecule has 0 spiro atoms. The number of hydrogen-bond acceptors (Lipinski definition) is 3. The van der Waals surface area contributed by atoms with Gasteiger partial charge in [0.25, 0.3) is 0 Å². The molecule has 0 fully saturated rings. The number of rotatable bonds is 3. The van der Waals surface area contributed by atoms with E-state index >= 15 is 0 Å². The first-order chi connectivity index (χ1) is 9.32. The minimum absolute atomic E-state index is 0.192. The minimum atomic E-state index is -4.02. The summed E-state index contributed by atoms with van der Waals surface area (Å²) in [5.74, 6) is -2.18. The largest absolute Gasteiger partial charge is 0.478 e. The van der Waals surface area contributed by atoms with E-state index in [9.17, 15) is 17.6 Å². The summed E-state index contributed by atoms with van der Waals surface area (Å²) in [6.45, 7) is 2.25. The van der Waals surface area contributed by atoms with Crippen LogP contribution >= 0.6 is 0 Å². The Labute approximate surface area is 116 Å². The van der Waals surface area contributed by atoms with E-state index in [1.54, 1.807) is 6.92 Å². The van der Waals surface area contributed by atoms with Crippen LogP contribution in [-0.2, 0) is 10.0 Å². The van der Waals surface area contributed by atoms with Gasteiger partial charge in [-0.25, -0.2) is 17.6 Å². The molecule has 0 bridgehead atoms. The second-order valence-corrected chi connectivity index (χ2v) is 6.53. The van der Waals surface area contributed by atoms with E-state index in [1.165, 1.54) is 4.31 Å². The molecule has 1 aromatic rings. The highest BCUT2D eigenvalue weighted by atomic mass is 32.2. The van der Waals surface area contributed by atoms with Crippen LogP contribution in [0.15, 0.2) is 34.7 Å². The molecule has 5 nitrogen and oxygen atoms in total. The molecule has 0 atom stereocenters. The number of aromatic carboxylic acids is 1. The van der Waals surface area contributed by atoms with Crippen LogP contribution in [0.5, 0.6) is 0 Å². The van der Waals surface area contributed by atoms with Gasteiger partial charge in [-0.05, 0) is 31.5 Å². The Morgan fingerprint density at radius 1 is 1.40 bits per heavy atom. The Balaban J connectivity index is 2.52. The summed E-state index contributed by atoms with van der Waals surface area (Å²) in [6.07, 6.45) is 2.48. The maximum atomic E-state index is 13.3. The van der Waals surface area contributed by atoms with Crippen molar-refractivity contribution in [3.8, 4) is 0 Å². The fourth-order valence-electron chi connectivity index (χ4n) is 2.11. The molecule has 20 heavy (non-hydrogen) atoms. The molecule has 108 valence electrons. The zero-order valence-electron chi connectivity index (χ0n) is 10.8. The molecule has 1 heterocycles. The van der Waals surface area contributed by atoms with Crippen molar-refractivity contribution < 1.29 is 22.7 Å². The molecule has 0 radical (unpaired) electrons. The van der Waals surface area contributed by atoms with Crippen molar-refractivity contribution in [3.63, 3.8) is 0 Å². The Kier molecular flexibility index (Phi) is 3.92. The fraction of sp³-hybridized carbons (Fsp3) is 0.308. The summed E-state index contributed by atoms with van der Waals surface area (Å²) in [5, 5.41) is 9.05. The highest BCUT2D eigenvalue weighted by Gasteiger charge is 2.30. The number of hydrogen-bond donors (Lipinski definition) is 1. The van der Waals surface area contributed by atoms with Crippen molar-refractivity contribution in [1.29, 1.82) is 0 Å². The van der Waals surface area contributed by atoms with Gasteiger partial charge in [-0.2, -0.15) is 4.31 Å². The van der Waals surface area contributed by atoms with Gasteiger partial charge in [-0.1, -0.05) is 11.6 Å². The van der Waals surface area contributed by atoms with Crippen LogP contribution in [-0.4, -0.2) is 36.9 Å². The highest BCUT2D eigenvalue weighted by molar-refractivity contribution is 7.89. The van der Waals surface area contributed by atoms with E-state index in [-0.39, 0.29) is 13.1 Å². The molecule has 1 aromatic carbocycles. The second-order valence-electron chi connectivity index (χ2n) is 4.62. The molecular formula is C13H14FNO4S. The van der Waals surface area contributed by atoms with Crippen molar-refractivity contribution in [1.82, 2.24) is 4.31 Å². The molecule has 0 saturated heterocycles. The number of halogens is 1. The van der Waals surface area contributed by atoms with Crippen molar-refractivity contribution in [2.24, 2.45) is 0 Å². The van der Waals surface area contributed by atoms with E-state index in [4.69, 9.17) is 5.11 Å². The quantitative estimate of drug-likeness (QED) is 0.865. The highest BCUT2D eigenvalue weighted by Crippen LogP contribution is 2.24. The average molecular weight is 299 g/mol. The molecule has 1 aliphatic heterocycles. The van der Waals surface area contributed by atoms with E-state index < -0.39 is 32.3 Å². The van der Waals surface area contributed by atoms with Gasteiger partial charge in [0.2, 0.25) is 10.0 Å². The summed E-state index contributed by atoms with van der Waals surface area (Å²) in [5.41, 5.74) is 0.465. The topological polar surface area (TPSA) is 74.7 Å². The molecule has 1 aliphatic rings. The van der Waals surface area contributed by atoms with Gasteiger partial charge < -0.3 is 5.11 Å². The Hall–Kier alpha value is -1.73. The van der Waals surface area contributed by atoms with Gasteiger partial charge in [0.1, 0.15) is 5.82 Å². The lowest BCUT2D eigenvalue weighted by Gasteiger charge is -2.26. The van der Waals surface area contributed by atoms with Crippen LogP contribution in [0.2, 0.25) is 0 Å². The number of nitrogens with zero attached hydrogens (tertiary/aromatic N) is 1. The minimum Gasteiger partial charge on any atom is -0.478 e. The predicted octanol–water partition coefficient (Wildman–Crippen LogP) is 1.86. The van der Waals surface area contributed by atoms with Crippen LogP contribution in [0.3, 0.4) is 0 Å². The summed E-state index contributed by atoms with van der Waals surface area (Å²) in [7, 11) is -4.02. The summed E-state index contributed by atoms with van der Waals surface area (Å²) in [6, 6.07) is 2.66. The average Bonchev–Trinajstić information content (AvgIpc) is 2.38. The molecule has 0 aromatic heterocycles. The van der Waals surface area contributed by atoms with Crippen molar-refractivity contribution in [3.05, 3.63) is 41.2 Å². The summed E-state index contributed by atoms with van der Waals surface area (Å²) < 4.78 is 39.4. The van der Waals surface area contributed by atoms with Gasteiger partial charge in [0, 0.05) is 13.1 Å². The smallest absolute Gasteiger partial charge is 0.337 e. The SMILES string of the molecule is CC1=CCCN(S(=O)(=O)c2cc(F)ccc2C(=O)O)C1. The molecule has 2 rings (SSSR count). The van der Waals surface area contributed by atoms with Gasteiger partial charge in [-0.3, -0.25) is 0 Å². The molecule has 0 aliphatic carbocycles. The molecule has 0 saturated carbocycles. The molecule has 1 N–H and O–H groups in total. The molecule has 0 unspecified atom stereocenters. The van der Waals surface area contributed by atoms with Gasteiger partial charge in [0.05, 0.1) is 10.5 Å². The standard InChI is InChI=1S/C13H14FNO4S/c1-9-3-2-6-15(8-9)20(18,19)12-7-10(14)4-5-11(12)13(16)17/h3-5,7H,2,6,8H2,1H3,(H,16,17). The zero-order valence-corrected chi connectivity index (χ0v) is 11.7. The first-order valence-electron chi connectivity index (χ1n) is 6.01. The number of carboxylic acid groups (broad SMARTS) is 1. The van der Waals surface area contributed by atoms with Crippen molar-refractivity contribution in [2.45, 2.75) is 18.2 Å². The van der Waals surface area contributed by atoms with Crippen molar-refractivity contribution in [2.75, 3.05) is 13.1 Å². The van der Waals surface area contributed by atoms with Crippen LogP contribution in [0.25, 0.3) is 0 Å². The predicted molar refractivity (Wildman–Crippen MR) is 70.5 cm³/mol. The molecular weight excluding hydrogens is 285 g/mol. The third-order valence-corrected chi connectivity index (χ3v) is 4.97. The fourth-order valence-corrected chi connectivity index (χ4v) is 3.80.